The summed E-state index contributed by atoms with van der Waals surface area (Å²) in [5.74, 6) is 6.40. The zero-order chi connectivity index (χ0) is 10.3. The van der Waals surface area contributed by atoms with E-state index in [-0.39, 0.29) is 0 Å². The second-order valence-corrected chi connectivity index (χ2v) is 5.08. The van der Waals surface area contributed by atoms with Gasteiger partial charge in [0.2, 0.25) is 0 Å². The molecular formula is C12H14N2S. The lowest BCUT2D eigenvalue weighted by Crippen LogP contribution is -2.29. The number of nitrogens with one attached hydrogen (secondary N) is 1. The SMILES string of the molecule is NNC(c1cccc2ccsc12)C1CC1. The molecular weight excluding hydrogens is 204 g/mol. The van der Waals surface area contributed by atoms with Gasteiger partial charge in [0, 0.05) is 4.70 Å². The maximum Gasteiger partial charge on any atom is 0.0502 e. The molecule has 1 unspecified atom stereocenters. The van der Waals surface area contributed by atoms with Crippen molar-refractivity contribution < 1.29 is 0 Å². The number of fused-ring (bicyclic) bond motifs is 1. The summed E-state index contributed by atoms with van der Waals surface area (Å²) in [4.78, 5) is 0. The molecule has 0 bridgehead atoms. The van der Waals surface area contributed by atoms with E-state index in [0.29, 0.717) is 6.04 Å². The van der Waals surface area contributed by atoms with Crippen LogP contribution in [0.1, 0.15) is 24.4 Å². The monoisotopic (exact) mass is 218 g/mol. The lowest BCUT2D eigenvalue weighted by Gasteiger charge is -2.16. The van der Waals surface area contributed by atoms with Gasteiger partial charge >= 0.3 is 0 Å². The van der Waals surface area contributed by atoms with Gasteiger partial charge in [-0.15, -0.1) is 11.3 Å². The summed E-state index contributed by atoms with van der Waals surface area (Å²) in [5, 5.41) is 3.48. The minimum Gasteiger partial charge on any atom is -0.271 e. The third-order valence-electron chi connectivity index (χ3n) is 3.12. The Labute approximate surface area is 93.1 Å². The molecule has 1 aromatic heterocycles. The number of hydrazine groups is 1. The van der Waals surface area contributed by atoms with Crippen molar-refractivity contribution in [2.75, 3.05) is 0 Å². The Bertz CT molecular complexity index is 473. The largest absolute Gasteiger partial charge is 0.271 e. The maximum absolute atomic E-state index is 5.66. The van der Waals surface area contributed by atoms with Crippen molar-refractivity contribution >= 4 is 21.4 Å². The van der Waals surface area contributed by atoms with E-state index in [4.69, 9.17) is 5.84 Å². The van der Waals surface area contributed by atoms with E-state index in [1.54, 1.807) is 0 Å². The maximum atomic E-state index is 5.66. The molecule has 3 N–H and O–H groups in total. The number of hydrogen-bond donors (Lipinski definition) is 2. The first-order valence-electron chi connectivity index (χ1n) is 5.32. The van der Waals surface area contributed by atoms with Gasteiger partial charge < -0.3 is 0 Å². The minimum absolute atomic E-state index is 0.340. The van der Waals surface area contributed by atoms with E-state index in [1.165, 1.54) is 28.5 Å². The third kappa shape index (κ3) is 1.57. The Morgan fingerprint density at radius 3 is 2.93 bits per heavy atom. The van der Waals surface area contributed by atoms with Gasteiger partial charge in [0.1, 0.15) is 0 Å². The van der Waals surface area contributed by atoms with Crippen LogP contribution in [0.4, 0.5) is 0 Å². The van der Waals surface area contributed by atoms with Crippen LogP contribution in [0.2, 0.25) is 0 Å². The van der Waals surface area contributed by atoms with Crippen LogP contribution in [-0.4, -0.2) is 0 Å². The fourth-order valence-electron chi connectivity index (χ4n) is 2.17. The van der Waals surface area contributed by atoms with Gasteiger partial charge in [0.25, 0.3) is 0 Å². The average molecular weight is 218 g/mol. The molecule has 1 aliphatic carbocycles. The molecule has 0 amide bonds. The molecule has 1 aliphatic rings. The van der Waals surface area contributed by atoms with E-state index < -0.39 is 0 Å². The van der Waals surface area contributed by atoms with Crippen molar-refractivity contribution in [2.45, 2.75) is 18.9 Å². The summed E-state index contributed by atoms with van der Waals surface area (Å²) in [6.45, 7) is 0. The third-order valence-corrected chi connectivity index (χ3v) is 4.10. The van der Waals surface area contributed by atoms with Crippen molar-refractivity contribution in [2.24, 2.45) is 11.8 Å². The summed E-state index contributed by atoms with van der Waals surface area (Å²) in [5.41, 5.74) is 4.34. The molecule has 1 heterocycles. The lowest BCUT2D eigenvalue weighted by molar-refractivity contribution is 0.500. The Morgan fingerprint density at radius 1 is 1.33 bits per heavy atom. The van der Waals surface area contributed by atoms with Crippen molar-refractivity contribution in [1.82, 2.24) is 5.43 Å². The van der Waals surface area contributed by atoms with Crippen LogP contribution < -0.4 is 11.3 Å². The normalized spacial score (nSPS) is 18.2. The topological polar surface area (TPSA) is 38.0 Å². The van der Waals surface area contributed by atoms with E-state index in [1.807, 2.05) is 11.3 Å². The van der Waals surface area contributed by atoms with E-state index in [2.05, 4.69) is 35.1 Å². The van der Waals surface area contributed by atoms with Gasteiger partial charge in [-0.05, 0) is 41.2 Å². The smallest absolute Gasteiger partial charge is 0.0502 e. The van der Waals surface area contributed by atoms with Crippen molar-refractivity contribution in [3.8, 4) is 0 Å². The first kappa shape index (κ1) is 9.33. The van der Waals surface area contributed by atoms with Crippen LogP contribution in [0.25, 0.3) is 10.1 Å². The summed E-state index contributed by atoms with van der Waals surface area (Å²) in [7, 11) is 0. The Balaban J connectivity index is 2.11. The summed E-state index contributed by atoms with van der Waals surface area (Å²) >= 11 is 1.81. The highest BCUT2D eigenvalue weighted by Gasteiger charge is 2.32. The van der Waals surface area contributed by atoms with E-state index in [0.717, 1.165) is 5.92 Å². The summed E-state index contributed by atoms with van der Waals surface area (Å²) in [6.07, 6.45) is 2.60. The van der Waals surface area contributed by atoms with Crippen molar-refractivity contribution in [3.63, 3.8) is 0 Å². The van der Waals surface area contributed by atoms with E-state index >= 15 is 0 Å². The second kappa shape index (κ2) is 3.59. The van der Waals surface area contributed by atoms with Crippen LogP contribution in [0, 0.1) is 5.92 Å². The molecule has 1 saturated carbocycles. The predicted octanol–water partition coefficient (Wildman–Crippen LogP) is 2.82. The first-order valence-corrected chi connectivity index (χ1v) is 6.20. The number of thiophene rings is 1. The number of nitrogens with two attached hydrogens (primary N) is 1. The highest BCUT2D eigenvalue weighted by molar-refractivity contribution is 7.17. The second-order valence-electron chi connectivity index (χ2n) is 4.17. The van der Waals surface area contributed by atoms with Crippen LogP contribution in [-0.2, 0) is 0 Å². The minimum atomic E-state index is 0.340. The molecule has 2 nitrogen and oxygen atoms in total. The van der Waals surface area contributed by atoms with Crippen molar-refractivity contribution in [3.05, 3.63) is 35.2 Å². The molecule has 0 aliphatic heterocycles. The Morgan fingerprint density at radius 2 is 2.20 bits per heavy atom. The molecule has 3 heteroatoms. The van der Waals surface area contributed by atoms with Gasteiger partial charge in [-0.3, -0.25) is 11.3 Å². The molecule has 0 radical (unpaired) electrons. The molecule has 1 atom stereocenters. The zero-order valence-corrected chi connectivity index (χ0v) is 9.26. The predicted molar refractivity (Wildman–Crippen MR) is 64.6 cm³/mol. The summed E-state index contributed by atoms with van der Waals surface area (Å²) in [6, 6.07) is 8.99. The Hall–Kier alpha value is -0.900. The van der Waals surface area contributed by atoms with Crippen LogP contribution in [0.5, 0.6) is 0 Å². The lowest BCUT2D eigenvalue weighted by atomic mass is 10.0. The number of hydrogen-bond acceptors (Lipinski definition) is 3. The van der Waals surface area contributed by atoms with Crippen LogP contribution >= 0.6 is 11.3 Å². The number of benzene rings is 1. The van der Waals surface area contributed by atoms with Crippen LogP contribution in [0.3, 0.4) is 0 Å². The fraction of sp³-hybridized carbons (Fsp3) is 0.333. The number of rotatable bonds is 3. The molecule has 1 aromatic carbocycles. The van der Waals surface area contributed by atoms with Crippen molar-refractivity contribution in [1.29, 1.82) is 0 Å². The van der Waals surface area contributed by atoms with Gasteiger partial charge in [-0.2, -0.15) is 0 Å². The molecule has 3 rings (SSSR count). The van der Waals surface area contributed by atoms with Crippen LogP contribution in [0.15, 0.2) is 29.6 Å². The molecule has 1 fully saturated rings. The highest BCUT2D eigenvalue weighted by atomic mass is 32.1. The van der Waals surface area contributed by atoms with Gasteiger partial charge in [-0.25, -0.2) is 0 Å². The molecule has 0 spiro atoms. The standard InChI is InChI=1S/C12H14N2S/c13-14-11(8-4-5-8)10-3-1-2-9-6-7-15-12(9)10/h1-3,6-8,11,14H,4-5,13H2. The average Bonchev–Trinajstić information content (AvgIpc) is 2.97. The zero-order valence-electron chi connectivity index (χ0n) is 8.44. The highest BCUT2D eigenvalue weighted by Crippen LogP contribution is 2.43. The fourth-order valence-corrected chi connectivity index (χ4v) is 3.12. The quantitative estimate of drug-likeness (QED) is 0.614. The summed E-state index contributed by atoms with van der Waals surface area (Å²) < 4.78 is 1.38. The van der Waals surface area contributed by atoms with Gasteiger partial charge in [-0.1, -0.05) is 18.2 Å². The molecule has 0 saturated heterocycles. The van der Waals surface area contributed by atoms with Gasteiger partial charge in [0.15, 0.2) is 0 Å². The molecule has 2 aromatic rings. The Kier molecular flexibility index (Phi) is 2.24. The molecule has 78 valence electrons. The molecule has 15 heavy (non-hydrogen) atoms. The van der Waals surface area contributed by atoms with E-state index in [9.17, 15) is 0 Å². The van der Waals surface area contributed by atoms with Gasteiger partial charge in [0.05, 0.1) is 6.04 Å². The first-order chi connectivity index (χ1) is 7.40.